The first kappa shape index (κ1) is 17.4. The molecule has 0 aliphatic carbocycles. The molecule has 0 N–H and O–H groups in total. The van der Waals surface area contributed by atoms with E-state index in [1.54, 1.807) is 7.11 Å². The lowest BCUT2D eigenvalue weighted by Crippen LogP contribution is -1.99. The van der Waals surface area contributed by atoms with E-state index in [0.29, 0.717) is 0 Å². The van der Waals surface area contributed by atoms with Gasteiger partial charge in [0.2, 0.25) is 0 Å². The molecule has 2 heterocycles. The molecule has 0 atom stereocenters. The Morgan fingerprint density at radius 1 is 1.04 bits per heavy atom. The molecule has 0 saturated carbocycles. The van der Waals surface area contributed by atoms with Crippen molar-refractivity contribution in [2.75, 3.05) is 7.11 Å². The van der Waals surface area contributed by atoms with Crippen LogP contribution in [0.25, 0.3) is 22.2 Å². The van der Waals surface area contributed by atoms with Crippen LogP contribution in [0.1, 0.15) is 5.56 Å². The molecule has 0 aliphatic rings. The maximum atomic E-state index is 5.99. The van der Waals surface area contributed by atoms with Gasteiger partial charge >= 0.3 is 0 Å². The average Bonchev–Trinajstić information content (AvgIpc) is 2.98. The third-order valence-corrected chi connectivity index (χ3v) is 5.47. The van der Waals surface area contributed by atoms with Crippen molar-refractivity contribution in [2.45, 2.75) is 6.54 Å². The molecule has 0 bridgehead atoms. The van der Waals surface area contributed by atoms with Crippen LogP contribution < -0.4 is 4.74 Å². The van der Waals surface area contributed by atoms with Crippen LogP contribution in [-0.2, 0) is 6.54 Å². The van der Waals surface area contributed by atoms with Gasteiger partial charge in [-0.2, -0.15) is 0 Å². The van der Waals surface area contributed by atoms with Crippen molar-refractivity contribution in [3.8, 4) is 16.9 Å². The topological polar surface area (TPSA) is 27.1 Å². The van der Waals surface area contributed by atoms with Gasteiger partial charge in [-0.3, -0.25) is 0 Å². The van der Waals surface area contributed by atoms with E-state index in [2.05, 4.69) is 51.6 Å². The summed E-state index contributed by atoms with van der Waals surface area (Å²) in [6.07, 6.45) is 4.07. The number of hydrogen-bond acceptors (Lipinski definition) is 2. The minimum atomic E-state index is 0.739. The molecule has 130 valence electrons. The Bertz CT molecular complexity index is 1060. The lowest BCUT2D eigenvalue weighted by atomic mass is 10.1. The third-order valence-electron chi connectivity index (χ3n) is 4.35. The van der Waals surface area contributed by atoms with Gasteiger partial charge < -0.3 is 9.30 Å². The summed E-state index contributed by atoms with van der Waals surface area (Å²) in [7, 11) is 1.68. The van der Waals surface area contributed by atoms with Crippen molar-refractivity contribution in [3.05, 3.63) is 81.1 Å². The average molecular weight is 475 g/mol. The van der Waals surface area contributed by atoms with Gasteiger partial charge in [0.15, 0.2) is 0 Å². The maximum Gasteiger partial charge on any atom is 0.141 e. The second-order valence-corrected chi connectivity index (χ2v) is 7.65. The molecule has 0 fully saturated rings. The van der Waals surface area contributed by atoms with Gasteiger partial charge in [0.25, 0.3) is 0 Å². The van der Waals surface area contributed by atoms with Crippen molar-refractivity contribution in [3.63, 3.8) is 0 Å². The monoisotopic (exact) mass is 474 g/mol. The Morgan fingerprint density at radius 3 is 2.46 bits per heavy atom. The van der Waals surface area contributed by atoms with Crippen LogP contribution in [0.2, 0.25) is 5.02 Å². The molecule has 0 aliphatic heterocycles. The van der Waals surface area contributed by atoms with E-state index in [-0.39, 0.29) is 0 Å². The first-order valence-electron chi connectivity index (χ1n) is 8.17. The minimum absolute atomic E-state index is 0.739. The van der Waals surface area contributed by atoms with E-state index in [1.165, 1.54) is 9.13 Å². The van der Waals surface area contributed by atoms with E-state index >= 15 is 0 Å². The van der Waals surface area contributed by atoms with Crippen LogP contribution in [0.15, 0.2) is 67.0 Å². The number of benzene rings is 2. The molecule has 0 saturated heterocycles. The van der Waals surface area contributed by atoms with Crippen LogP contribution in [0.3, 0.4) is 0 Å². The Kier molecular flexibility index (Phi) is 4.87. The van der Waals surface area contributed by atoms with Gasteiger partial charge in [0.1, 0.15) is 11.4 Å². The van der Waals surface area contributed by atoms with E-state index in [4.69, 9.17) is 21.3 Å². The Labute approximate surface area is 170 Å². The van der Waals surface area contributed by atoms with Gasteiger partial charge in [-0.05, 0) is 64.0 Å². The highest BCUT2D eigenvalue weighted by Crippen LogP contribution is 2.28. The molecule has 4 aromatic rings. The summed E-state index contributed by atoms with van der Waals surface area (Å²) < 4.78 is 8.60. The second-order valence-electron chi connectivity index (χ2n) is 6.06. The van der Waals surface area contributed by atoms with Gasteiger partial charge in [-0.1, -0.05) is 35.9 Å². The second kappa shape index (κ2) is 7.29. The van der Waals surface area contributed by atoms with Crippen LogP contribution >= 0.6 is 34.2 Å². The quantitative estimate of drug-likeness (QED) is 0.338. The maximum absolute atomic E-state index is 5.99. The zero-order valence-electron chi connectivity index (χ0n) is 14.1. The summed E-state index contributed by atoms with van der Waals surface area (Å²) in [5, 5.41) is 1.90. The Hall–Kier alpha value is -2.05. The van der Waals surface area contributed by atoms with E-state index in [0.717, 1.165) is 39.5 Å². The summed E-state index contributed by atoms with van der Waals surface area (Å²) in [6, 6.07) is 18.2. The minimum Gasteiger partial charge on any atom is -0.497 e. The normalized spacial score (nSPS) is 11.0. The smallest absolute Gasteiger partial charge is 0.141 e. The van der Waals surface area contributed by atoms with Gasteiger partial charge in [0, 0.05) is 38.5 Å². The SMILES string of the molecule is COc1ccc(Cn2cc(I)c3cc(-c4ccc(Cl)cc4)cnc32)cc1. The van der Waals surface area contributed by atoms with Crippen LogP contribution in [0.5, 0.6) is 5.75 Å². The molecular weight excluding hydrogens is 459 g/mol. The zero-order chi connectivity index (χ0) is 18.1. The lowest BCUT2D eigenvalue weighted by Gasteiger charge is -2.07. The molecule has 2 aromatic heterocycles. The standard InChI is InChI=1S/C21H16ClIN2O/c1-26-18-8-2-14(3-9-18)12-25-13-20(23)19-10-16(11-24-21(19)25)15-4-6-17(22)7-5-15/h2-11,13H,12H2,1H3. The molecule has 26 heavy (non-hydrogen) atoms. The summed E-state index contributed by atoms with van der Waals surface area (Å²) in [5.74, 6) is 0.867. The van der Waals surface area contributed by atoms with Crippen molar-refractivity contribution in [1.29, 1.82) is 0 Å². The number of halogens is 2. The van der Waals surface area contributed by atoms with Gasteiger partial charge in [-0.15, -0.1) is 0 Å². The van der Waals surface area contributed by atoms with Crippen molar-refractivity contribution < 1.29 is 4.74 Å². The predicted molar refractivity (Wildman–Crippen MR) is 115 cm³/mol. The largest absolute Gasteiger partial charge is 0.497 e. The first-order valence-corrected chi connectivity index (χ1v) is 9.63. The highest BCUT2D eigenvalue weighted by atomic mass is 127. The van der Waals surface area contributed by atoms with Crippen molar-refractivity contribution in [2.24, 2.45) is 0 Å². The van der Waals surface area contributed by atoms with E-state index in [9.17, 15) is 0 Å². The fourth-order valence-electron chi connectivity index (χ4n) is 2.98. The third kappa shape index (κ3) is 3.44. The molecule has 4 rings (SSSR count). The van der Waals surface area contributed by atoms with Gasteiger partial charge in [0.05, 0.1) is 7.11 Å². The number of ether oxygens (including phenoxy) is 1. The Morgan fingerprint density at radius 2 is 1.77 bits per heavy atom. The number of methoxy groups -OCH3 is 1. The number of rotatable bonds is 4. The number of hydrogen-bond donors (Lipinski definition) is 0. The van der Waals surface area contributed by atoms with Crippen LogP contribution in [0.4, 0.5) is 0 Å². The molecule has 2 aromatic carbocycles. The summed E-state index contributed by atoms with van der Waals surface area (Å²) >= 11 is 8.36. The van der Waals surface area contributed by atoms with Crippen LogP contribution in [0, 0.1) is 3.57 Å². The molecule has 3 nitrogen and oxygen atoms in total. The molecule has 0 spiro atoms. The Balaban J connectivity index is 1.69. The predicted octanol–water partition coefficient (Wildman–Crippen LogP) is 6.02. The summed E-state index contributed by atoms with van der Waals surface area (Å²) in [4.78, 5) is 4.73. The van der Waals surface area contributed by atoms with Crippen LogP contribution in [-0.4, -0.2) is 16.7 Å². The van der Waals surface area contributed by atoms with Crippen molar-refractivity contribution in [1.82, 2.24) is 9.55 Å². The zero-order valence-corrected chi connectivity index (χ0v) is 17.0. The highest BCUT2D eigenvalue weighted by Gasteiger charge is 2.10. The fourth-order valence-corrected chi connectivity index (χ4v) is 3.84. The molecule has 5 heteroatoms. The van der Waals surface area contributed by atoms with E-state index < -0.39 is 0 Å². The van der Waals surface area contributed by atoms with Gasteiger partial charge in [-0.25, -0.2) is 4.98 Å². The number of nitrogens with zero attached hydrogens (tertiary/aromatic N) is 2. The highest BCUT2D eigenvalue weighted by molar-refractivity contribution is 14.1. The number of pyridine rings is 1. The molecule has 0 amide bonds. The summed E-state index contributed by atoms with van der Waals surface area (Å²) in [5.41, 5.74) is 4.40. The lowest BCUT2D eigenvalue weighted by molar-refractivity contribution is 0.414. The molecule has 0 radical (unpaired) electrons. The number of fused-ring (bicyclic) bond motifs is 1. The summed E-state index contributed by atoms with van der Waals surface area (Å²) in [6.45, 7) is 0.775. The first-order chi connectivity index (χ1) is 12.6. The fraction of sp³-hybridized carbons (Fsp3) is 0.0952. The molecule has 0 unspecified atom stereocenters. The van der Waals surface area contributed by atoms with Crippen molar-refractivity contribution >= 4 is 45.2 Å². The molecular formula is C21H16ClIN2O. The number of aromatic nitrogens is 2. The van der Waals surface area contributed by atoms with E-state index in [1.807, 2.05) is 42.6 Å².